The molecule has 2 heterocycles. The second-order valence-corrected chi connectivity index (χ2v) is 10.5. The summed E-state index contributed by atoms with van der Waals surface area (Å²) in [6.45, 7) is 2.43. The lowest BCUT2D eigenvalue weighted by Crippen LogP contribution is -2.48. The molecule has 0 radical (unpaired) electrons. The minimum absolute atomic E-state index is 0.0867. The zero-order valence-corrected chi connectivity index (χ0v) is 19.8. The summed E-state index contributed by atoms with van der Waals surface area (Å²) in [6, 6.07) is 21.8. The number of anilines is 1. The molecule has 0 aliphatic carbocycles. The van der Waals surface area contributed by atoms with Crippen molar-refractivity contribution >= 4 is 32.3 Å². The number of sulfone groups is 1. The molecule has 35 heavy (non-hydrogen) atoms. The largest absolute Gasteiger partial charge is 0.368 e. The number of carbonyl (C=O) groups excluding carboxylic acids is 1. The van der Waals surface area contributed by atoms with Gasteiger partial charge in [-0.1, -0.05) is 30.3 Å². The van der Waals surface area contributed by atoms with Crippen molar-refractivity contribution in [2.75, 3.05) is 31.1 Å². The summed E-state index contributed by atoms with van der Waals surface area (Å²) in [6.07, 6.45) is 1.58. The smallest absolute Gasteiger partial charge is 0.253 e. The third-order valence-electron chi connectivity index (χ3n) is 6.25. The first-order valence-corrected chi connectivity index (χ1v) is 13.0. The molecule has 1 aliphatic heterocycles. The molecule has 1 aromatic heterocycles. The molecule has 1 amide bonds. The summed E-state index contributed by atoms with van der Waals surface area (Å²) in [4.78, 5) is 21.4. The van der Waals surface area contributed by atoms with Crippen LogP contribution >= 0.6 is 0 Å². The normalized spacial score (nSPS) is 14.3. The lowest BCUT2D eigenvalue weighted by atomic mass is 10.1. The van der Waals surface area contributed by atoms with Crippen LogP contribution < -0.4 is 4.90 Å². The van der Waals surface area contributed by atoms with Crippen molar-refractivity contribution in [2.45, 2.75) is 10.6 Å². The van der Waals surface area contributed by atoms with Gasteiger partial charge >= 0.3 is 0 Å². The van der Waals surface area contributed by atoms with Crippen LogP contribution in [-0.2, 0) is 15.6 Å². The number of nitrogens with zero attached hydrogens (tertiary/aromatic N) is 3. The minimum atomic E-state index is -3.62. The summed E-state index contributed by atoms with van der Waals surface area (Å²) in [7, 11) is -3.62. The number of piperazine rings is 1. The van der Waals surface area contributed by atoms with E-state index in [0.717, 1.165) is 11.1 Å². The van der Waals surface area contributed by atoms with E-state index in [-0.39, 0.29) is 22.4 Å². The fraction of sp³-hybridized carbons (Fsp3) is 0.185. The maximum Gasteiger partial charge on any atom is 0.253 e. The quantitative estimate of drug-likeness (QED) is 0.418. The van der Waals surface area contributed by atoms with Crippen molar-refractivity contribution in [1.29, 1.82) is 0 Å². The Morgan fingerprint density at radius 3 is 2.26 bits per heavy atom. The summed E-state index contributed by atoms with van der Waals surface area (Å²) in [5.41, 5.74) is 2.52. The van der Waals surface area contributed by atoms with Crippen molar-refractivity contribution < 1.29 is 17.6 Å². The lowest BCUT2D eigenvalue weighted by molar-refractivity contribution is 0.0747. The maximum absolute atomic E-state index is 13.2. The van der Waals surface area contributed by atoms with Crippen LogP contribution in [0.15, 0.2) is 90.0 Å². The molecule has 0 N–H and O–H groups in total. The number of amides is 1. The van der Waals surface area contributed by atoms with E-state index in [1.807, 2.05) is 12.1 Å². The van der Waals surface area contributed by atoms with Gasteiger partial charge in [0.15, 0.2) is 9.84 Å². The molecule has 0 unspecified atom stereocenters. The second kappa shape index (κ2) is 9.46. The van der Waals surface area contributed by atoms with E-state index in [2.05, 4.69) is 9.88 Å². The van der Waals surface area contributed by atoms with E-state index in [4.69, 9.17) is 0 Å². The van der Waals surface area contributed by atoms with Crippen LogP contribution in [0.5, 0.6) is 0 Å². The number of hydrogen-bond donors (Lipinski definition) is 0. The van der Waals surface area contributed by atoms with Gasteiger partial charge in [0.1, 0.15) is 5.82 Å². The first kappa shape index (κ1) is 23.0. The van der Waals surface area contributed by atoms with Crippen LogP contribution in [0, 0.1) is 5.82 Å². The molecule has 0 saturated carbocycles. The number of benzene rings is 3. The van der Waals surface area contributed by atoms with Crippen LogP contribution in [0.1, 0.15) is 15.9 Å². The molecule has 1 aliphatic rings. The molecule has 4 aromatic rings. The Bertz CT molecular complexity index is 1460. The molecule has 0 bridgehead atoms. The van der Waals surface area contributed by atoms with Crippen molar-refractivity contribution in [2.24, 2.45) is 0 Å². The average molecular weight is 490 g/mol. The molecule has 0 atom stereocenters. The molecular formula is C27H24FN3O3S. The lowest BCUT2D eigenvalue weighted by Gasteiger charge is -2.36. The summed E-state index contributed by atoms with van der Waals surface area (Å²) in [5, 5.41) is 0.772. The SMILES string of the molecule is O=C(c1ccc(CS(=O)(=O)c2cccc3cccnc23)cc1)N1CCN(c2ccc(F)cc2)CC1. The number of aromatic nitrogens is 1. The Labute approximate surface area is 203 Å². The zero-order valence-electron chi connectivity index (χ0n) is 19.0. The van der Waals surface area contributed by atoms with Gasteiger partial charge in [-0.2, -0.15) is 0 Å². The van der Waals surface area contributed by atoms with Crippen LogP contribution in [0.25, 0.3) is 10.9 Å². The Balaban J connectivity index is 1.25. The monoisotopic (exact) mass is 489 g/mol. The number of pyridine rings is 1. The number of para-hydroxylation sites is 1. The molecule has 1 fully saturated rings. The highest BCUT2D eigenvalue weighted by Gasteiger charge is 2.23. The standard InChI is InChI=1S/C27H24FN3O3S/c28-23-10-12-24(13-11-23)30-15-17-31(18-16-30)27(32)22-8-6-20(7-9-22)19-35(33,34)25-5-1-3-21-4-2-14-29-26(21)25/h1-14H,15-19H2. The molecule has 5 rings (SSSR count). The van der Waals surface area contributed by atoms with Crippen LogP contribution in [0.3, 0.4) is 0 Å². The van der Waals surface area contributed by atoms with E-state index in [9.17, 15) is 17.6 Å². The Morgan fingerprint density at radius 2 is 1.54 bits per heavy atom. The topological polar surface area (TPSA) is 70.6 Å². The highest BCUT2D eigenvalue weighted by atomic mass is 32.2. The van der Waals surface area contributed by atoms with E-state index >= 15 is 0 Å². The van der Waals surface area contributed by atoms with Crippen molar-refractivity contribution in [3.05, 3.63) is 102 Å². The predicted octanol–water partition coefficient (Wildman–Crippen LogP) is 4.31. The van der Waals surface area contributed by atoms with Crippen LogP contribution in [0.4, 0.5) is 10.1 Å². The Kier molecular flexibility index (Phi) is 6.21. The molecule has 8 heteroatoms. The van der Waals surface area contributed by atoms with Gasteiger partial charge in [-0.05, 0) is 54.1 Å². The number of hydrogen-bond acceptors (Lipinski definition) is 5. The van der Waals surface area contributed by atoms with E-state index in [0.29, 0.717) is 42.8 Å². The third-order valence-corrected chi connectivity index (χ3v) is 7.96. The summed E-state index contributed by atoms with van der Waals surface area (Å²) in [5.74, 6) is -0.531. The van der Waals surface area contributed by atoms with E-state index < -0.39 is 9.84 Å². The molecule has 0 spiro atoms. The predicted molar refractivity (Wildman–Crippen MR) is 134 cm³/mol. The Hall–Kier alpha value is -3.78. The summed E-state index contributed by atoms with van der Waals surface area (Å²) >= 11 is 0. The average Bonchev–Trinajstić information content (AvgIpc) is 2.89. The number of rotatable bonds is 5. The van der Waals surface area contributed by atoms with Crippen molar-refractivity contribution in [3.63, 3.8) is 0 Å². The van der Waals surface area contributed by atoms with Crippen LogP contribution in [-0.4, -0.2) is 50.4 Å². The van der Waals surface area contributed by atoms with Crippen molar-refractivity contribution in [1.82, 2.24) is 9.88 Å². The van der Waals surface area contributed by atoms with Gasteiger partial charge in [0.05, 0.1) is 16.2 Å². The van der Waals surface area contributed by atoms with Gasteiger partial charge in [-0.15, -0.1) is 0 Å². The highest BCUT2D eigenvalue weighted by Crippen LogP contribution is 2.24. The molecule has 1 saturated heterocycles. The van der Waals surface area contributed by atoms with Gasteiger partial charge in [0.25, 0.3) is 5.91 Å². The second-order valence-electron chi connectivity index (χ2n) is 8.54. The molecule has 6 nitrogen and oxygen atoms in total. The van der Waals surface area contributed by atoms with Gasteiger partial charge in [-0.25, -0.2) is 12.8 Å². The first-order valence-electron chi connectivity index (χ1n) is 11.4. The fourth-order valence-electron chi connectivity index (χ4n) is 4.37. The van der Waals surface area contributed by atoms with Gasteiger partial charge in [0, 0.05) is 49.0 Å². The minimum Gasteiger partial charge on any atom is -0.368 e. The Morgan fingerprint density at radius 1 is 0.857 bits per heavy atom. The third kappa shape index (κ3) is 4.88. The molecule has 3 aromatic carbocycles. The van der Waals surface area contributed by atoms with Crippen molar-refractivity contribution in [3.8, 4) is 0 Å². The maximum atomic E-state index is 13.2. The number of carbonyl (C=O) groups is 1. The summed E-state index contributed by atoms with van der Waals surface area (Å²) < 4.78 is 39.4. The van der Waals surface area contributed by atoms with Crippen LogP contribution in [0.2, 0.25) is 0 Å². The zero-order chi connectivity index (χ0) is 24.4. The van der Waals surface area contributed by atoms with E-state index in [1.165, 1.54) is 12.1 Å². The number of halogens is 1. The van der Waals surface area contributed by atoms with E-state index in [1.54, 1.807) is 65.7 Å². The molecule has 178 valence electrons. The van der Waals surface area contributed by atoms with Gasteiger partial charge in [-0.3, -0.25) is 9.78 Å². The fourth-order valence-corrected chi connectivity index (χ4v) is 5.91. The van der Waals surface area contributed by atoms with Gasteiger partial charge in [0.2, 0.25) is 0 Å². The molecular weight excluding hydrogens is 465 g/mol. The first-order chi connectivity index (χ1) is 16.9. The van der Waals surface area contributed by atoms with Gasteiger partial charge < -0.3 is 9.80 Å². The highest BCUT2D eigenvalue weighted by molar-refractivity contribution is 7.90. The number of fused-ring (bicyclic) bond motifs is 1.